The quantitative estimate of drug-likeness (QED) is 0.378. The van der Waals surface area contributed by atoms with Crippen LogP contribution < -0.4 is 10.6 Å². The third-order valence-corrected chi connectivity index (χ3v) is 6.19. The summed E-state index contributed by atoms with van der Waals surface area (Å²) in [7, 11) is 0. The second kappa shape index (κ2) is 9.10. The van der Waals surface area contributed by atoms with Crippen molar-refractivity contribution in [2.75, 3.05) is 18.4 Å². The van der Waals surface area contributed by atoms with Gasteiger partial charge in [-0.15, -0.1) is 0 Å². The summed E-state index contributed by atoms with van der Waals surface area (Å²) < 4.78 is 0. The molecule has 1 aliphatic heterocycles. The van der Waals surface area contributed by atoms with E-state index < -0.39 is 0 Å². The summed E-state index contributed by atoms with van der Waals surface area (Å²) in [6.07, 6.45) is 6.13. The number of carbonyl (C=O) groups is 1. The maximum absolute atomic E-state index is 13.5. The minimum Gasteiger partial charge on any atom is -0.365 e. The van der Waals surface area contributed by atoms with E-state index in [9.17, 15) is 4.79 Å². The van der Waals surface area contributed by atoms with Crippen molar-refractivity contribution in [3.8, 4) is 0 Å². The summed E-state index contributed by atoms with van der Waals surface area (Å²) in [5, 5.41) is 8.03. The number of aromatic nitrogens is 3. The Balaban J connectivity index is 1.44. The first-order valence-corrected chi connectivity index (χ1v) is 11.2. The van der Waals surface area contributed by atoms with Gasteiger partial charge in [-0.3, -0.25) is 4.79 Å². The fourth-order valence-corrected chi connectivity index (χ4v) is 4.54. The number of H-pyrrole nitrogens is 1. The van der Waals surface area contributed by atoms with Gasteiger partial charge < -0.3 is 15.6 Å². The molecular weight excluding hydrogens is 422 g/mol. The fraction of sp³-hybridized carbons (Fsp3) is 0.240. The number of nitrogens with one attached hydrogen (secondary N) is 3. The Morgan fingerprint density at radius 1 is 1.09 bits per heavy atom. The lowest BCUT2D eigenvalue weighted by Crippen LogP contribution is -2.38. The number of benzene rings is 2. The van der Waals surface area contributed by atoms with Crippen molar-refractivity contribution in [3.63, 3.8) is 0 Å². The lowest BCUT2D eigenvalue weighted by molar-refractivity contribution is 0.104. The number of aromatic amines is 1. The minimum atomic E-state index is -0.146. The van der Waals surface area contributed by atoms with Crippen LogP contribution in [0, 0.1) is 0 Å². The molecular formula is C25H24ClN5O. The van der Waals surface area contributed by atoms with Crippen LogP contribution in [0.2, 0.25) is 5.02 Å². The number of hydrogen-bond acceptors (Lipinski definition) is 5. The van der Waals surface area contributed by atoms with E-state index in [1.165, 1.54) is 11.9 Å². The standard InChI is InChI=1S/C25H24ClN5O/c26-21-12-17(11-16-5-2-1-3-6-16)8-9-19(21)23(32)20-14-28-24-22(20)25(30-15-29-24)31-18-7-4-10-27-13-18/h1-3,5-6,8-9,12,14-15,18,27H,4,7,10-11,13H2,(H2,28,29,30,31)/t18-/m1/s1. The van der Waals surface area contributed by atoms with Crippen LogP contribution in [0.4, 0.5) is 5.82 Å². The molecule has 32 heavy (non-hydrogen) atoms. The predicted octanol–water partition coefficient (Wildman–Crippen LogP) is 4.60. The monoisotopic (exact) mass is 445 g/mol. The molecule has 5 rings (SSSR count). The third kappa shape index (κ3) is 4.24. The fourth-order valence-electron chi connectivity index (χ4n) is 4.25. The van der Waals surface area contributed by atoms with Crippen molar-refractivity contribution in [1.82, 2.24) is 20.3 Å². The highest BCUT2D eigenvalue weighted by molar-refractivity contribution is 6.35. The predicted molar refractivity (Wildman–Crippen MR) is 128 cm³/mol. The molecule has 0 bridgehead atoms. The van der Waals surface area contributed by atoms with E-state index in [4.69, 9.17) is 11.6 Å². The van der Waals surface area contributed by atoms with Crippen LogP contribution >= 0.6 is 11.6 Å². The molecule has 4 aromatic rings. The topological polar surface area (TPSA) is 82.7 Å². The molecule has 1 atom stereocenters. The Morgan fingerprint density at radius 2 is 1.97 bits per heavy atom. The van der Waals surface area contributed by atoms with Gasteiger partial charge in [0.05, 0.1) is 16.0 Å². The van der Waals surface area contributed by atoms with Gasteiger partial charge in [0.2, 0.25) is 0 Å². The van der Waals surface area contributed by atoms with E-state index in [1.807, 2.05) is 36.4 Å². The van der Waals surface area contributed by atoms with Gasteiger partial charge >= 0.3 is 0 Å². The van der Waals surface area contributed by atoms with Crippen molar-refractivity contribution < 1.29 is 4.79 Å². The number of anilines is 1. The van der Waals surface area contributed by atoms with Gasteiger partial charge in [-0.05, 0) is 49.1 Å². The van der Waals surface area contributed by atoms with E-state index in [-0.39, 0.29) is 11.8 Å². The number of carbonyl (C=O) groups excluding carboxylic acids is 1. The highest BCUT2D eigenvalue weighted by atomic mass is 35.5. The molecule has 1 fully saturated rings. The zero-order valence-electron chi connectivity index (χ0n) is 17.6. The highest BCUT2D eigenvalue weighted by Crippen LogP contribution is 2.29. The summed E-state index contributed by atoms with van der Waals surface area (Å²) in [5.41, 5.74) is 3.88. The summed E-state index contributed by atoms with van der Waals surface area (Å²) in [6, 6.07) is 16.1. The Bertz CT molecular complexity index is 1250. The number of piperidine rings is 1. The summed E-state index contributed by atoms with van der Waals surface area (Å²) in [6.45, 7) is 1.90. The lowest BCUT2D eigenvalue weighted by Gasteiger charge is -2.24. The minimum absolute atomic E-state index is 0.146. The van der Waals surface area contributed by atoms with E-state index in [0.717, 1.165) is 37.9 Å². The number of halogens is 1. The van der Waals surface area contributed by atoms with Gasteiger partial charge in [-0.25, -0.2) is 9.97 Å². The molecule has 0 saturated carbocycles. The van der Waals surface area contributed by atoms with Crippen molar-refractivity contribution in [3.05, 3.63) is 88.3 Å². The van der Waals surface area contributed by atoms with Crippen LogP contribution in [0.25, 0.3) is 11.0 Å². The first kappa shape index (κ1) is 20.7. The van der Waals surface area contributed by atoms with Crippen molar-refractivity contribution >= 4 is 34.2 Å². The largest absolute Gasteiger partial charge is 0.365 e. The molecule has 0 spiro atoms. The van der Waals surface area contributed by atoms with Crippen molar-refractivity contribution in [2.45, 2.75) is 25.3 Å². The molecule has 6 nitrogen and oxygen atoms in total. The Kier molecular flexibility index (Phi) is 5.88. The smallest absolute Gasteiger partial charge is 0.196 e. The second-order valence-electron chi connectivity index (χ2n) is 8.14. The number of nitrogens with zero attached hydrogens (tertiary/aromatic N) is 2. The molecule has 2 aromatic heterocycles. The van der Waals surface area contributed by atoms with E-state index in [1.54, 1.807) is 6.20 Å². The SMILES string of the molecule is O=C(c1ccc(Cc2ccccc2)cc1Cl)c1c[nH]c2ncnc(N[C@@H]3CCCNC3)c12. The normalized spacial score (nSPS) is 16.2. The van der Waals surface area contributed by atoms with Crippen LogP contribution in [0.5, 0.6) is 0 Å². The molecule has 2 aromatic carbocycles. The average Bonchev–Trinajstić information content (AvgIpc) is 3.26. The summed E-state index contributed by atoms with van der Waals surface area (Å²) in [4.78, 5) is 25.3. The van der Waals surface area contributed by atoms with Crippen LogP contribution in [0.1, 0.15) is 39.9 Å². The number of ketones is 1. The molecule has 1 saturated heterocycles. The molecule has 0 radical (unpaired) electrons. The molecule has 0 unspecified atom stereocenters. The first-order valence-electron chi connectivity index (χ1n) is 10.9. The van der Waals surface area contributed by atoms with Gasteiger partial charge in [0.25, 0.3) is 0 Å². The van der Waals surface area contributed by atoms with Crippen molar-refractivity contribution in [2.24, 2.45) is 0 Å². The van der Waals surface area contributed by atoms with Gasteiger partial charge in [-0.1, -0.05) is 48.0 Å². The third-order valence-electron chi connectivity index (χ3n) is 5.88. The maximum atomic E-state index is 13.5. The molecule has 162 valence electrons. The highest BCUT2D eigenvalue weighted by Gasteiger charge is 2.22. The molecule has 0 amide bonds. The van der Waals surface area contributed by atoms with Crippen molar-refractivity contribution in [1.29, 1.82) is 0 Å². The molecule has 0 aliphatic carbocycles. The molecule has 3 heterocycles. The van der Waals surface area contributed by atoms with Crippen LogP contribution in [0.15, 0.2) is 61.1 Å². The van der Waals surface area contributed by atoms with E-state index in [0.29, 0.717) is 33.0 Å². The average molecular weight is 446 g/mol. The molecule has 3 N–H and O–H groups in total. The molecule has 1 aliphatic rings. The number of hydrogen-bond donors (Lipinski definition) is 3. The Hall–Kier alpha value is -3.22. The van der Waals surface area contributed by atoms with Crippen LogP contribution in [-0.4, -0.2) is 39.9 Å². The summed E-state index contributed by atoms with van der Waals surface area (Å²) in [5.74, 6) is 0.525. The van der Waals surface area contributed by atoms with Gasteiger partial charge in [0, 0.05) is 24.3 Å². The zero-order chi connectivity index (χ0) is 21.9. The Morgan fingerprint density at radius 3 is 2.75 bits per heavy atom. The van der Waals surface area contributed by atoms with Crippen LogP contribution in [-0.2, 0) is 6.42 Å². The number of fused-ring (bicyclic) bond motifs is 1. The molecule has 7 heteroatoms. The van der Waals surface area contributed by atoms with Crippen LogP contribution in [0.3, 0.4) is 0 Å². The lowest BCUT2D eigenvalue weighted by atomic mass is 9.99. The maximum Gasteiger partial charge on any atom is 0.196 e. The van der Waals surface area contributed by atoms with Gasteiger partial charge in [0.1, 0.15) is 17.8 Å². The van der Waals surface area contributed by atoms with E-state index in [2.05, 4.69) is 37.7 Å². The second-order valence-corrected chi connectivity index (χ2v) is 8.55. The van der Waals surface area contributed by atoms with Gasteiger partial charge in [-0.2, -0.15) is 0 Å². The zero-order valence-corrected chi connectivity index (χ0v) is 18.3. The van der Waals surface area contributed by atoms with Gasteiger partial charge in [0.15, 0.2) is 5.78 Å². The first-order chi connectivity index (χ1) is 15.7. The Labute approximate surface area is 191 Å². The van der Waals surface area contributed by atoms with E-state index >= 15 is 0 Å². The summed E-state index contributed by atoms with van der Waals surface area (Å²) >= 11 is 6.57. The number of rotatable bonds is 6.